The molecule has 0 radical (unpaired) electrons. The maximum absolute atomic E-state index is 7.02. The Hall–Kier alpha value is 0.444. The van der Waals surface area contributed by atoms with Gasteiger partial charge in [0, 0.05) is 16.6 Å². The SMILES string of the molecule is C[C@H](OP1N(C[Si](C)(C)C)[C@@H]2CCCC[C@H]2N1C[Si](C)(C)C)c1ccccc1Br. The Labute approximate surface area is 190 Å². The Bertz CT molecular complexity index is 662. The van der Waals surface area contributed by atoms with E-state index in [1.54, 1.807) is 0 Å². The summed E-state index contributed by atoms with van der Waals surface area (Å²) in [4.78, 5) is 0. The van der Waals surface area contributed by atoms with Gasteiger partial charge >= 0.3 is 0 Å². The molecule has 3 atom stereocenters. The van der Waals surface area contributed by atoms with Crippen molar-refractivity contribution in [3.63, 3.8) is 0 Å². The molecular formula is C22H40BrN2OPSi2. The van der Waals surface area contributed by atoms with Crippen LogP contribution in [0, 0.1) is 0 Å². The second-order valence-corrected chi connectivity index (χ2v) is 24.7. The van der Waals surface area contributed by atoms with Gasteiger partial charge in [-0.3, -0.25) is 0 Å². The van der Waals surface area contributed by atoms with Crippen molar-refractivity contribution in [2.45, 2.75) is 90.1 Å². The summed E-state index contributed by atoms with van der Waals surface area (Å²) in [6, 6.07) is 9.95. The van der Waals surface area contributed by atoms with E-state index >= 15 is 0 Å². The van der Waals surface area contributed by atoms with Crippen LogP contribution >= 0.6 is 24.4 Å². The van der Waals surface area contributed by atoms with E-state index in [4.69, 9.17) is 4.52 Å². The highest BCUT2D eigenvalue weighted by molar-refractivity contribution is 9.10. The minimum atomic E-state index is -1.23. The molecule has 0 N–H and O–H groups in total. The lowest BCUT2D eigenvalue weighted by molar-refractivity contribution is 0.219. The van der Waals surface area contributed by atoms with Crippen LogP contribution in [0.5, 0.6) is 0 Å². The molecule has 2 fully saturated rings. The zero-order valence-electron chi connectivity index (χ0n) is 19.4. The standard InChI is InChI=1S/C22H40BrN2OPSi2/c1-18(19-12-8-9-13-20(19)23)26-27-24(16-28(2,3)4)21-14-10-11-15-22(21)25(27)17-29(5,6)7/h8-9,12-13,18,21-22H,10-11,14-17H2,1-7H3/t18-,21+,22+/m0/s1. The van der Waals surface area contributed by atoms with E-state index in [-0.39, 0.29) is 6.10 Å². The topological polar surface area (TPSA) is 15.7 Å². The van der Waals surface area contributed by atoms with Crippen molar-refractivity contribution in [2.75, 3.05) is 12.3 Å². The molecule has 0 bridgehead atoms. The maximum Gasteiger partial charge on any atom is 0.188 e. The Morgan fingerprint density at radius 1 is 0.966 bits per heavy atom. The predicted octanol–water partition coefficient (Wildman–Crippen LogP) is 7.44. The molecule has 2 aliphatic rings. The number of rotatable bonds is 7. The van der Waals surface area contributed by atoms with Gasteiger partial charge in [0.05, 0.1) is 22.3 Å². The van der Waals surface area contributed by atoms with Gasteiger partial charge < -0.3 is 4.52 Å². The Balaban J connectivity index is 1.92. The van der Waals surface area contributed by atoms with Crippen LogP contribution < -0.4 is 0 Å². The zero-order valence-corrected chi connectivity index (χ0v) is 23.9. The normalized spacial score (nSPS) is 25.9. The number of hydrogen-bond donors (Lipinski definition) is 0. The third kappa shape index (κ3) is 6.24. The molecule has 3 nitrogen and oxygen atoms in total. The lowest BCUT2D eigenvalue weighted by Gasteiger charge is -2.37. The molecule has 1 saturated carbocycles. The number of fused-ring (bicyclic) bond motifs is 1. The van der Waals surface area contributed by atoms with Crippen LogP contribution in [0.1, 0.15) is 44.3 Å². The first-order chi connectivity index (χ1) is 13.5. The maximum atomic E-state index is 7.02. The van der Waals surface area contributed by atoms with E-state index in [1.165, 1.54) is 43.6 Å². The van der Waals surface area contributed by atoms with Crippen LogP contribution in [0.4, 0.5) is 0 Å². The summed E-state index contributed by atoms with van der Waals surface area (Å²) in [6.07, 6.45) is 8.08. The van der Waals surface area contributed by atoms with Crippen LogP contribution in [0.2, 0.25) is 39.3 Å². The molecular weight excluding hydrogens is 475 g/mol. The minimum absolute atomic E-state index is 0.102. The van der Waals surface area contributed by atoms with E-state index in [1.807, 2.05) is 0 Å². The van der Waals surface area contributed by atoms with Crippen molar-refractivity contribution in [2.24, 2.45) is 0 Å². The number of nitrogens with zero attached hydrogens (tertiary/aromatic N) is 2. The van der Waals surface area contributed by atoms with E-state index in [0.29, 0.717) is 12.1 Å². The summed E-state index contributed by atoms with van der Waals surface area (Å²) >= 11 is 3.75. The molecule has 0 unspecified atom stereocenters. The second-order valence-electron chi connectivity index (χ2n) is 11.3. The highest BCUT2D eigenvalue weighted by Gasteiger charge is 2.51. The third-order valence-electron chi connectivity index (χ3n) is 5.77. The molecule has 3 rings (SSSR count). The molecule has 0 spiro atoms. The van der Waals surface area contributed by atoms with Crippen LogP contribution in [-0.4, -0.2) is 49.9 Å². The highest BCUT2D eigenvalue weighted by atomic mass is 79.9. The fourth-order valence-electron chi connectivity index (χ4n) is 4.64. The Morgan fingerprint density at radius 3 is 1.90 bits per heavy atom. The fourth-order valence-corrected chi connectivity index (χ4v) is 13.2. The van der Waals surface area contributed by atoms with Gasteiger partial charge in [-0.05, 0) is 43.7 Å². The molecule has 1 aliphatic carbocycles. The first kappa shape index (κ1) is 24.1. The zero-order chi connectivity index (χ0) is 21.4. The number of benzene rings is 1. The molecule has 164 valence electrons. The molecule has 0 amide bonds. The van der Waals surface area contributed by atoms with E-state index in [2.05, 4.69) is 95.7 Å². The quantitative estimate of drug-likeness (QED) is 0.277. The van der Waals surface area contributed by atoms with Gasteiger partial charge in [-0.1, -0.05) is 86.3 Å². The smallest absolute Gasteiger partial charge is 0.188 e. The lowest BCUT2D eigenvalue weighted by Crippen LogP contribution is -2.46. The molecule has 7 heteroatoms. The van der Waals surface area contributed by atoms with Crippen LogP contribution in [0.3, 0.4) is 0 Å². The summed E-state index contributed by atoms with van der Waals surface area (Å²) in [6.45, 7) is 17.3. The Morgan fingerprint density at radius 2 is 1.45 bits per heavy atom. The number of halogens is 1. The summed E-state index contributed by atoms with van der Waals surface area (Å²) in [5, 5.41) is 0. The van der Waals surface area contributed by atoms with Gasteiger partial charge in [-0.2, -0.15) is 0 Å². The van der Waals surface area contributed by atoms with Crippen LogP contribution in [-0.2, 0) is 4.52 Å². The van der Waals surface area contributed by atoms with Crippen molar-refractivity contribution in [1.29, 1.82) is 0 Å². The minimum Gasteiger partial charge on any atom is -0.323 e. The van der Waals surface area contributed by atoms with E-state index < -0.39 is 24.6 Å². The van der Waals surface area contributed by atoms with Crippen molar-refractivity contribution in [3.8, 4) is 0 Å². The molecule has 1 aromatic rings. The fraction of sp³-hybridized carbons (Fsp3) is 0.727. The molecule has 1 heterocycles. The Kier molecular flexibility index (Phi) is 7.91. The van der Waals surface area contributed by atoms with Gasteiger partial charge in [0.25, 0.3) is 0 Å². The molecule has 0 aromatic heterocycles. The van der Waals surface area contributed by atoms with Gasteiger partial charge in [-0.15, -0.1) is 0 Å². The van der Waals surface area contributed by atoms with Gasteiger partial charge in [0.1, 0.15) is 0 Å². The largest absolute Gasteiger partial charge is 0.323 e. The lowest BCUT2D eigenvalue weighted by atomic mass is 9.90. The van der Waals surface area contributed by atoms with Crippen LogP contribution in [0.15, 0.2) is 28.7 Å². The summed E-state index contributed by atoms with van der Waals surface area (Å²) < 4.78 is 13.9. The van der Waals surface area contributed by atoms with Crippen molar-refractivity contribution in [3.05, 3.63) is 34.3 Å². The summed E-state index contributed by atoms with van der Waals surface area (Å²) in [5.74, 6) is 0. The second kappa shape index (κ2) is 9.52. The van der Waals surface area contributed by atoms with Crippen molar-refractivity contribution >= 4 is 40.5 Å². The monoisotopic (exact) mass is 514 g/mol. The molecule has 29 heavy (non-hydrogen) atoms. The van der Waals surface area contributed by atoms with Gasteiger partial charge in [-0.25, -0.2) is 9.34 Å². The highest BCUT2D eigenvalue weighted by Crippen LogP contribution is 2.60. The molecule has 1 aromatic carbocycles. The third-order valence-corrected chi connectivity index (χ3v) is 11.9. The van der Waals surface area contributed by atoms with E-state index in [9.17, 15) is 0 Å². The molecule has 1 saturated heterocycles. The first-order valence-electron chi connectivity index (χ1n) is 11.2. The van der Waals surface area contributed by atoms with Crippen molar-refractivity contribution in [1.82, 2.24) is 9.34 Å². The molecule has 1 aliphatic heterocycles. The van der Waals surface area contributed by atoms with Crippen LogP contribution in [0.25, 0.3) is 0 Å². The number of hydrogen-bond acceptors (Lipinski definition) is 3. The first-order valence-corrected chi connectivity index (χ1v) is 20.6. The summed E-state index contributed by atoms with van der Waals surface area (Å²) in [7, 11) is -3.18. The predicted molar refractivity (Wildman–Crippen MR) is 137 cm³/mol. The van der Waals surface area contributed by atoms with Crippen molar-refractivity contribution < 1.29 is 4.52 Å². The van der Waals surface area contributed by atoms with Gasteiger partial charge in [0.2, 0.25) is 0 Å². The average Bonchev–Trinajstić information content (AvgIpc) is 2.86. The van der Waals surface area contributed by atoms with E-state index in [0.717, 1.165) is 4.47 Å². The summed E-state index contributed by atoms with van der Waals surface area (Å²) in [5.41, 5.74) is 1.27. The average molecular weight is 516 g/mol. The van der Waals surface area contributed by atoms with Gasteiger partial charge in [0.15, 0.2) is 8.45 Å².